The Labute approximate surface area is 217 Å². The first-order chi connectivity index (χ1) is 17.9. The van der Waals surface area contributed by atoms with E-state index in [4.69, 9.17) is 14.2 Å². The van der Waals surface area contributed by atoms with Gasteiger partial charge in [0, 0.05) is 12.4 Å². The molecule has 4 aromatic rings. The molecule has 9 nitrogen and oxygen atoms in total. The third kappa shape index (κ3) is 6.91. The molecule has 0 fully saturated rings. The first-order valence-corrected chi connectivity index (χ1v) is 12.4. The standard InChI is InChI=1S/C28H33N5O4/c1-5-35-26-12-7-21(15-27(26)36-6-2)17-33-18-23(16-29-33)30-28(34)25-13-14-32(31-25)19-37-24-10-8-22(9-11-24)20(3)4/h7-16,18,20H,5-6,17,19H2,1-4H3,(H,30,34). The summed E-state index contributed by atoms with van der Waals surface area (Å²) >= 11 is 0. The Morgan fingerprint density at radius 1 is 0.946 bits per heavy atom. The number of nitrogens with zero attached hydrogens (tertiary/aromatic N) is 4. The van der Waals surface area contributed by atoms with Crippen molar-refractivity contribution >= 4 is 11.6 Å². The predicted molar refractivity (Wildman–Crippen MR) is 141 cm³/mol. The molecule has 0 spiro atoms. The Hall–Kier alpha value is -4.27. The average molecular weight is 504 g/mol. The summed E-state index contributed by atoms with van der Waals surface area (Å²) in [5.41, 5.74) is 3.13. The number of aromatic nitrogens is 4. The molecular formula is C28H33N5O4. The minimum absolute atomic E-state index is 0.206. The summed E-state index contributed by atoms with van der Waals surface area (Å²) in [7, 11) is 0. The summed E-state index contributed by atoms with van der Waals surface area (Å²) in [6.07, 6.45) is 5.09. The number of carbonyl (C=O) groups excluding carboxylic acids is 1. The Balaban J connectivity index is 1.32. The highest BCUT2D eigenvalue weighted by molar-refractivity contribution is 6.02. The van der Waals surface area contributed by atoms with Gasteiger partial charge in [-0.25, -0.2) is 4.68 Å². The van der Waals surface area contributed by atoms with Crippen LogP contribution in [0.15, 0.2) is 67.1 Å². The zero-order valence-electron chi connectivity index (χ0n) is 21.7. The lowest BCUT2D eigenvalue weighted by Crippen LogP contribution is -2.14. The molecule has 0 bridgehead atoms. The molecule has 2 aromatic heterocycles. The van der Waals surface area contributed by atoms with Crippen LogP contribution in [-0.2, 0) is 13.3 Å². The van der Waals surface area contributed by atoms with Crippen LogP contribution in [0.3, 0.4) is 0 Å². The van der Waals surface area contributed by atoms with Crippen molar-refractivity contribution in [1.29, 1.82) is 0 Å². The zero-order chi connectivity index (χ0) is 26.2. The quantitative estimate of drug-likeness (QED) is 0.281. The van der Waals surface area contributed by atoms with Gasteiger partial charge in [-0.1, -0.05) is 32.0 Å². The van der Waals surface area contributed by atoms with Crippen molar-refractivity contribution in [2.75, 3.05) is 18.5 Å². The van der Waals surface area contributed by atoms with E-state index in [-0.39, 0.29) is 12.6 Å². The molecule has 0 saturated heterocycles. The van der Waals surface area contributed by atoms with Crippen LogP contribution in [0.5, 0.6) is 17.2 Å². The number of hydrogen-bond acceptors (Lipinski definition) is 6. The normalized spacial score (nSPS) is 10.9. The van der Waals surface area contributed by atoms with Gasteiger partial charge in [-0.2, -0.15) is 10.2 Å². The van der Waals surface area contributed by atoms with Gasteiger partial charge >= 0.3 is 0 Å². The van der Waals surface area contributed by atoms with Crippen LogP contribution in [0.4, 0.5) is 5.69 Å². The molecule has 1 N–H and O–H groups in total. The minimum Gasteiger partial charge on any atom is -0.490 e. The maximum Gasteiger partial charge on any atom is 0.276 e. The number of carbonyl (C=O) groups is 1. The van der Waals surface area contributed by atoms with Gasteiger partial charge in [-0.05, 0) is 61.2 Å². The van der Waals surface area contributed by atoms with E-state index in [9.17, 15) is 4.79 Å². The Bertz CT molecular complexity index is 1310. The van der Waals surface area contributed by atoms with Gasteiger partial charge in [-0.3, -0.25) is 9.48 Å². The van der Waals surface area contributed by atoms with Crippen molar-refractivity contribution in [3.63, 3.8) is 0 Å². The number of amides is 1. The van der Waals surface area contributed by atoms with Crippen LogP contribution in [-0.4, -0.2) is 38.7 Å². The highest BCUT2D eigenvalue weighted by atomic mass is 16.5. The lowest BCUT2D eigenvalue weighted by Gasteiger charge is -2.12. The molecule has 0 atom stereocenters. The third-order valence-electron chi connectivity index (χ3n) is 5.63. The van der Waals surface area contributed by atoms with Gasteiger partial charge in [0.05, 0.1) is 31.6 Å². The van der Waals surface area contributed by atoms with E-state index >= 15 is 0 Å². The summed E-state index contributed by atoms with van der Waals surface area (Å²) in [5, 5.41) is 11.5. The molecule has 0 aliphatic carbocycles. The van der Waals surface area contributed by atoms with Crippen LogP contribution in [0.25, 0.3) is 0 Å². The molecule has 2 heterocycles. The van der Waals surface area contributed by atoms with E-state index in [1.54, 1.807) is 34.0 Å². The Morgan fingerprint density at radius 2 is 1.70 bits per heavy atom. The monoisotopic (exact) mass is 503 g/mol. The molecule has 37 heavy (non-hydrogen) atoms. The maximum atomic E-state index is 12.7. The SMILES string of the molecule is CCOc1ccc(Cn2cc(NC(=O)c3ccn(COc4ccc(C(C)C)cc4)n3)cn2)cc1OCC. The van der Waals surface area contributed by atoms with Crippen LogP contribution in [0.1, 0.15) is 55.2 Å². The predicted octanol–water partition coefficient (Wildman–Crippen LogP) is 5.34. The van der Waals surface area contributed by atoms with E-state index in [0.29, 0.717) is 42.8 Å². The van der Waals surface area contributed by atoms with Gasteiger partial charge in [-0.15, -0.1) is 0 Å². The molecular weight excluding hydrogens is 470 g/mol. The van der Waals surface area contributed by atoms with Crippen LogP contribution >= 0.6 is 0 Å². The largest absolute Gasteiger partial charge is 0.490 e. The van der Waals surface area contributed by atoms with Crippen LogP contribution in [0, 0.1) is 0 Å². The lowest BCUT2D eigenvalue weighted by molar-refractivity contribution is 0.102. The second kappa shape index (κ2) is 12.1. The Kier molecular flexibility index (Phi) is 8.45. The first kappa shape index (κ1) is 25.8. The van der Waals surface area contributed by atoms with Crippen molar-refractivity contribution in [2.24, 2.45) is 0 Å². The summed E-state index contributed by atoms with van der Waals surface area (Å²) < 4.78 is 20.4. The molecule has 2 aromatic carbocycles. The summed E-state index contributed by atoms with van der Waals surface area (Å²) in [6.45, 7) is 10.0. The zero-order valence-corrected chi connectivity index (χ0v) is 21.7. The topological polar surface area (TPSA) is 92.4 Å². The van der Waals surface area contributed by atoms with Gasteiger partial charge in [0.1, 0.15) is 5.75 Å². The fourth-order valence-electron chi connectivity index (χ4n) is 3.73. The summed E-state index contributed by atoms with van der Waals surface area (Å²) in [6, 6.07) is 15.5. The maximum absolute atomic E-state index is 12.7. The van der Waals surface area contributed by atoms with Crippen LogP contribution in [0.2, 0.25) is 0 Å². The van der Waals surface area contributed by atoms with Gasteiger partial charge in [0.15, 0.2) is 23.9 Å². The average Bonchev–Trinajstić information content (AvgIpc) is 3.54. The number of rotatable bonds is 12. The van der Waals surface area contributed by atoms with Gasteiger partial charge < -0.3 is 19.5 Å². The molecule has 0 aliphatic heterocycles. The van der Waals surface area contributed by atoms with E-state index in [1.165, 1.54) is 5.56 Å². The summed E-state index contributed by atoms with van der Waals surface area (Å²) in [5.74, 6) is 2.32. The molecule has 0 saturated carbocycles. The fraction of sp³-hybridized carbons (Fsp3) is 0.321. The smallest absolute Gasteiger partial charge is 0.276 e. The number of ether oxygens (including phenoxy) is 3. The van der Waals surface area contributed by atoms with Crippen molar-refractivity contribution in [2.45, 2.75) is 46.9 Å². The lowest BCUT2D eigenvalue weighted by atomic mass is 10.0. The number of hydrogen-bond donors (Lipinski definition) is 1. The van der Waals surface area contributed by atoms with Crippen LogP contribution < -0.4 is 19.5 Å². The first-order valence-electron chi connectivity index (χ1n) is 12.4. The molecule has 0 unspecified atom stereocenters. The van der Waals surface area contributed by atoms with E-state index in [2.05, 4.69) is 41.5 Å². The molecule has 0 aliphatic rings. The van der Waals surface area contributed by atoms with E-state index in [0.717, 1.165) is 17.1 Å². The third-order valence-corrected chi connectivity index (χ3v) is 5.63. The minimum atomic E-state index is -0.320. The van der Waals surface area contributed by atoms with Gasteiger partial charge in [0.2, 0.25) is 0 Å². The molecule has 1 amide bonds. The second-order valence-electron chi connectivity index (χ2n) is 8.77. The van der Waals surface area contributed by atoms with E-state index < -0.39 is 0 Å². The van der Waals surface area contributed by atoms with Crippen molar-refractivity contribution in [3.05, 3.63) is 83.9 Å². The number of nitrogens with one attached hydrogen (secondary N) is 1. The van der Waals surface area contributed by atoms with Gasteiger partial charge in [0.25, 0.3) is 5.91 Å². The fourth-order valence-corrected chi connectivity index (χ4v) is 3.73. The van der Waals surface area contributed by atoms with Crippen molar-refractivity contribution in [3.8, 4) is 17.2 Å². The van der Waals surface area contributed by atoms with Crippen molar-refractivity contribution in [1.82, 2.24) is 19.6 Å². The highest BCUT2D eigenvalue weighted by Gasteiger charge is 2.12. The highest BCUT2D eigenvalue weighted by Crippen LogP contribution is 2.29. The second-order valence-corrected chi connectivity index (χ2v) is 8.77. The van der Waals surface area contributed by atoms with Crippen molar-refractivity contribution < 1.29 is 19.0 Å². The molecule has 0 radical (unpaired) electrons. The molecule has 4 rings (SSSR count). The molecule has 9 heteroatoms. The number of benzene rings is 2. The molecule has 194 valence electrons. The number of anilines is 1. The Morgan fingerprint density at radius 3 is 2.43 bits per heavy atom. The summed E-state index contributed by atoms with van der Waals surface area (Å²) in [4.78, 5) is 12.7. The van der Waals surface area contributed by atoms with E-state index in [1.807, 2.05) is 44.2 Å².